The van der Waals surface area contributed by atoms with Crippen LogP contribution in [0.25, 0.3) is 5.57 Å². The van der Waals surface area contributed by atoms with Gasteiger partial charge >= 0.3 is 0 Å². The minimum atomic E-state index is 0.213. The normalized spacial score (nSPS) is 27.5. The Labute approximate surface area is 171 Å². The molecule has 1 aromatic rings. The number of allylic oxidation sites excluding steroid dienone is 8. The number of benzene rings is 1. The van der Waals surface area contributed by atoms with Crippen LogP contribution in [0, 0.1) is 11.3 Å². The van der Waals surface area contributed by atoms with Gasteiger partial charge in [-0.25, -0.2) is 0 Å². The fourth-order valence-corrected chi connectivity index (χ4v) is 4.34. The van der Waals surface area contributed by atoms with Gasteiger partial charge in [0.2, 0.25) is 0 Å². The molecule has 0 aromatic heterocycles. The van der Waals surface area contributed by atoms with Crippen molar-refractivity contribution in [3.05, 3.63) is 84.3 Å². The molecule has 0 amide bonds. The van der Waals surface area contributed by atoms with Gasteiger partial charge in [0, 0.05) is 17.0 Å². The van der Waals surface area contributed by atoms with E-state index in [1.165, 1.54) is 28.2 Å². The first-order valence-corrected chi connectivity index (χ1v) is 10.8. The maximum absolute atomic E-state index is 4.54. The monoisotopic (exact) mass is 373 g/mol. The van der Waals surface area contributed by atoms with Gasteiger partial charge in [0.05, 0.1) is 5.69 Å². The second kappa shape index (κ2) is 8.82. The van der Waals surface area contributed by atoms with Crippen molar-refractivity contribution in [3.8, 4) is 0 Å². The number of nitrogens with zero attached hydrogens (tertiary/aromatic N) is 1. The molecule has 1 heteroatoms. The summed E-state index contributed by atoms with van der Waals surface area (Å²) in [5.74, 6) is 0.612. The van der Waals surface area contributed by atoms with Crippen molar-refractivity contribution in [1.82, 2.24) is 0 Å². The first-order chi connectivity index (χ1) is 13.5. The largest absolute Gasteiger partial charge is 0.314 e. The van der Waals surface area contributed by atoms with Crippen LogP contribution in [0.15, 0.2) is 78.7 Å². The molecule has 1 aromatic carbocycles. The molecule has 1 nitrogen and oxygen atoms in total. The van der Waals surface area contributed by atoms with E-state index in [9.17, 15) is 0 Å². The zero-order chi connectivity index (χ0) is 20.1. The molecule has 28 heavy (non-hydrogen) atoms. The summed E-state index contributed by atoms with van der Waals surface area (Å²) < 4.78 is 0. The number of fused-ring (bicyclic) bond motifs is 1. The fourth-order valence-electron chi connectivity index (χ4n) is 4.34. The van der Waals surface area contributed by atoms with Gasteiger partial charge < -0.3 is 4.90 Å². The first kappa shape index (κ1) is 20.5. The number of hydrogen-bond donors (Lipinski definition) is 0. The lowest BCUT2D eigenvalue weighted by molar-refractivity contribution is 0.251. The van der Waals surface area contributed by atoms with Crippen molar-refractivity contribution in [2.75, 3.05) is 4.90 Å². The maximum Gasteiger partial charge on any atom is 0.0533 e. The molecular weight excluding hydrogens is 338 g/mol. The van der Waals surface area contributed by atoms with Gasteiger partial charge in [-0.15, -0.1) is 0 Å². The summed E-state index contributed by atoms with van der Waals surface area (Å²) in [6, 6.07) is 8.85. The third-order valence-corrected chi connectivity index (χ3v) is 6.67. The van der Waals surface area contributed by atoms with Crippen LogP contribution >= 0.6 is 0 Å². The maximum atomic E-state index is 4.54. The molecule has 0 radical (unpaired) electrons. The quantitative estimate of drug-likeness (QED) is 0.518. The Kier molecular flexibility index (Phi) is 6.44. The summed E-state index contributed by atoms with van der Waals surface area (Å²) in [6.07, 6.45) is 19.0. The molecule has 1 aliphatic carbocycles. The molecule has 0 fully saturated rings. The van der Waals surface area contributed by atoms with E-state index in [1.54, 1.807) is 0 Å². The molecule has 0 spiro atoms. The van der Waals surface area contributed by atoms with E-state index < -0.39 is 0 Å². The van der Waals surface area contributed by atoms with E-state index in [4.69, 9.17) is 0 Å². The van der Waals surface area contributed by atoms with Crippen molar-refractivity contribution < 1.29 is 0 Å². The van der Waals surface area contributed by atoms with Gasteiger partial charge in [-0.3, -0.25) is 0 Å². The molecule has 3 rings (SSSR count). The number of rotatable bonds is 3. The summed E-state index contributed by atoms with van der Waals surface area (Å²) in [5, 5.41) is 0. The van der Waals surface area contributed by atoms with E-state index in [2.05, 4.69) is 99.9 Å². The average molecular weight is 374 g/mol. The molecule has 2 atom stereocenters. The lowest BCUT2D eigenvalue weighted by atomic mass is 9.71. The van der Waals surface area contributed by atoms with Gasteiger partial charge in [0.1, 0.15) is 0 Å². The SMILES string of the molecule is C=C1CC[C@@H](C)C(C)(CC)/C=C(\CC)c2ccccc2N1C1=CC=CCC=C1. The predicted molar refractivity (Wildman–Crippen MR) is 124 cm³/mol. The highest BCUT2D eigenvalue weighted by Crippen LogP contribution is 2.43. The highest BCUT2D eigenvalue weighted by Gasteiger charge is 2.30. The molecule has 1 heterocycles. The summed E-state index contributed by atoms with van der Waals surface area (Å²) >= 11 is 0. The van der Waals surface area contributed by atoms with Crippen molar-refractivity contribution in [3.63, 3.8) is 0 Å². The van der Waals surface area contributed by atoms with Crippen molar-refractivity contribution in [2.45, 2.75) is 59.8 Å². The summed E-state index contributed by atoms with van der Waals surface area (Å²) in [7, 11) is 0. The zero-order valence-corrected chi connectivity index (χ0v) is 18.0. The second-order valence-corrected chi connectivity index (χ2v) is 8.40. The van der Waals surface area contributed by atoms with Crippen LogP contribution in [0.2, 0.25) is 0 Å². The predicted octanol–water partition coefficient (Wildman–Crippen LogP) is 8.05. The lowest BCUT2D eigenvalue weighted by Gasteiger charge is -2.37. The molecule has 0 saturated carbocycles. The van der Waals surface area contributed by atoms with Gasteiger partial charge in [0.15, 0.2) is 0 Å². The zero-order valence-electron chi connectivity index (χ0n) is 18.0. The Hall–Kier alpha value is -2.28. The van der Waals surface area contributed by atoms with Crippen molar-refractivity contribution >= 4 is 11.3 Å². The third kappa shape index (κ3) is 4.09. The Bertz CT molecular complexity index is 836. The number of hydrogen-bond acceptors (Lipinski definition) is 1. The van der Waals surface area contributed by atoms with Gasteiger partial charge in [-0.05, 0) is 67.2 Å². The molecule has 0 saturated heterocycles. The fraction of sp³-hybridized carbons (Fsp3) is 0.407. The minimum absolute atomic E-state index is 0.213. The Morgan fingerprint density at radius 1 is 1.18 bits per heavy atom. The standard InChI is InChI=1S/C27H35N/c1-6-23-20-27(5,7-2)21(3)18-19-22(4)28(24-14-10-8-9-11-15-24)26-17-13-12-16-25(23)26/h8,10-17,20-21H,4,6-7,9,18-19H2,1-3,5H3/b23-20+/t21-,27?/m1/s1. The Balaban J connectivity index is 2.23. The van der Waals surface area contributed by atoms with E-state index in [0.29, 0.717) is 5.92 Å². The second-order valence-electron chi connectivity index (χ2n) is 8.40. The third-order valence-electron chi connectivity index (χ3n) is 6.67. The van der Waals surface area contributed by atoms with Crippen LogP contribution in [0.5, 0.6) is 0 Å². The highest BCUT2D eigenvalue weighted by molar-refractivity contribution is 5.80. The number of para-hydroxylation sites is 1. The van der Waals surface area contributed by atoms with E-state index >= 15 is 0 Å². The van der Waals surface area contributed by atoms with E-state index in [-0.39, 0.29) is 5.41 Å². The smallest absolute Gasteiger partial charge is 0.0533 e. The average Bonchev–Trinajstić information content (AvgIpc) is 2.99. The minimum Gasteiger partial charge on any atom is -0.314 e. The molecule has 1 unspecified atom stereocenters. The van der Waals surface area contributed by atoms with Crippen LogP contribution in [-0.2, 0) is 0 Å². The Morgan fingerprint density at radius 3 is 2.71 bits per heavy atom. The number of anilines is 1. The first-order valence-electron chi connectivity index (χ1n) is 10.8. The van der Waals surface area contributed by atoms with Crippen LogP contribution in [0.3, 0.4) is 0 Å². The summed E-state index contributed by atoms with van der Waals surface area (Å²) in [4.78, 5) is 2.38. The molecule has 2 aliphatic rings. The van der Waals surface area contributed by atoms with Gasteiger partial charge in [-0.2, -0.15) is 0 Å². The molecule has 148 valence electrons. The molecular formula is C27H35N. The van der Waals surface area contributed by atoms with Crippen LogP contribution < -0.4 is 4.90 Å². The topological polar surface area (TPSA) is 3.24 Å². The lowest BCUT2D eigenvalue weighted by Crippen LogP contribution is -2.27. The molecule has 1 aliphatic heterocycles. The molecule has 0 N–H and O–H groups in total. The van der Waals surface area contributed by atoms with Gasteiger partial charge in [-0.1, -0.05) is 76.8 Å². The highest BCUT2D eigenvalue weighted by atomic mass is 15.2. The molecule has 0 bridgehead atoms. The Morgan fingerprint density at radius 2 is 1.96 bits per heavy atom. The van der Waals surface area contributed by atoms with Crippen LogP contribution in [-0.4, -0.2) is 0 Å². The van der Waals surface area contributed by atoms with Crippen LogP contribution in [0.4, 0.5) is 5.69 Å². The van der Waals surface area contributed by atoms with E-state index in [1.807, 2.05) is 0 Å². The summed E-state index contributed by atoms with van der Waals surface area (Å²) in [5.41, 5.74) is 6.63. The van der Waals surface area contributed by atoms with E-state index in [0.717, 1.165) is 32.1 Å². The van der Waals surface area contributed by atoms with Crippen LogP contribution in [0.1, 0.15) is 65.4 Å². The van der Waals surface area contributed by atoms with Crippen molar-refractivity contribution in [1.29, 1.82) is 0 Å². The summed E-state index contributed by atoms with van der Waals surface area (Å²) in [6.45, 7) is 14.0. The van der Waals surface area contributed by atoms with Crippen molar-refractivity contribution in [2.24, 2.45) is 11.3 Å². The van der Waals surface area contributed by atoms with Gasteiger partial charge in [0.25, 0.3) is 0 Å².